The zero-order chi connectivity index (χ0) is 12.5. The lowest BCUT2D eigenvalue weighted by Crippen LogP contribution is -2.37. The van der Waals surface area contributed by atoms with E-state index >= 15 is 0 Å². The molecule has 0 fully saturated rings. The maximum absolute atomic E-state index is 12.1. The predicted octanol–water partition coefficient (Wildman–Crippen LogP) is 1.35. The van der Waals surface area contributed by atoms with Gasteiger partial charge in [-0.25, -0.2) is 0 Å². The van der Waals surface area contributed by atoms with Gasteiger partial charge in [0.15, 0.2) is 5.78 Å². The van der Waals surface area contributed by atoms with E-state index in [4.69, 9.17) is 0 Å². The van der Waals surface area contributed by atoms with Crippen molar-refractivity contribution in [2.24, 2.45) is 0 Å². The highest BCUT2D eigenvalue weighted by Crippen LogP contribution is 2.17. The molecule has 1 aliphatic heterocycles. The summed E-state index contributed by atoms with van der Waals surface area (Å²) in [6.45, 7) is 4.92. The number of Topliss-reactive ketones (excluding diaryl/α,β-unsaturated/α-hetero) is 1. The molecular weight excluding hydrogens is 248 g/mol. The lowest BCUT2D eigenvalue weighted by atomic mass is 10.2. The van der Waals surface area contributed by atoms with Crippen LogP contribution in [0.25, 0.3) is 0 Å². The van der Waals surface area contributed by atoms with Crippen molar-refractivity contribution in [3.8, 4) is 0 Å². The summed E-state index contributed by atoms with van der Waals surface area (Å²) in [5.41, 5.74) is 0. The molecule has 0 aliphatic carbocycles. The smallest absolute Gasteiger partial charge is 0.186 e. The SMILES string of the molecule is Cc1ccc(C(=O)CN2CCn3cnnc3C2)s1. The van der Waals surface area contributed by atoms with E-state index in [1.165, 1.54) is 4.88 Å². The first-order chi connectivity index (χ1) is 8.72. The third-order valence-corrected chi connectivity index (χ3v) is 4.14. The first kappa shape index (κ1) is 11.6. The number of ketones is 1. The zero-order valence-electron chi connectivity index (χ0n) is 10.2. The van der Waals surface area contributed by atoms with Crippen LogP contribution < -0.4 is 0 Å². The Bertz CT molecular complexity index is 574. The van der Waals surface area contributed by atoms with Crippen molar-refractivity contribution in [2.45, 2.75) is 20.0 Å². The van der Waals surface area contributed by atoms with Crippen LogP contribution in [0.15, 0.2) is 18.5 Å². The first-order valence-electron chi connectivity index (χ1n) is 5.91. The fourth-order valence-corrected chi connectivity index (χ4v) is 2.91. The van der Waals surface area contributed by atoms with Gasteiger partial charge in [-0.2, -0.15) is 0 Å². The minimum Gasteiger partial charge on any atom is -0.315 e. The second-order valence-corrected chi connectivity index (χ2v) is 5.77. The Morgan fingerprint density at radius 2 is 2.33 bits per heavy atom. The molecule has 0 amide bonds. The molecule has 3 heterocycles. The van der Waals surface area contributed by atoms with Crippen molar-refractivity contribution < 1.29 is 4.79 Å². The molecule has 0 aromatic carbocycles. The van der Waals surface area contributed by atoms with Crippen LogP contribution in [0.5, 0.6) is 0 Å². The molecule has 2 aromatic heterocycles. The number of thiophene rings is 1. The van der Waals surface area contributed by atoms with Crippen molar-refractivity contribution in [1.29, 1.82) is 0 Å². The van der Waals surface area contributed by atoms with Gasteiger partial charge in [-0.15, -0.1) is 21.5 Å². The van der Waals surface area contributed by atoms with Crippen LogP contribution in [-0.2, 0) is 13.1 Å². The molecule has 0 unspecified atom stereocenters. The van der Waals surface area contributed by atoms with Crippen LogP contribution in [0.3, 0.4) is 0 Å². The number of hydrogen-bond acceptors (Lipinski definition) is 5. The van der Waals surface area contributed by atoms with E-state index in [0.717, 1.165) is 23.8 Å². The average Bonchev–Trinajstić information content (AvgIpc) is 2.96. The molecule has 94 valence electrons. The van der Waals surface area contributed by atoms with Crippen molar-refractivity contribution in [2.75, 3.05) is 13.1 Å². The Balaban J connectivity index is 1.66. The molecule has 0 bridgehead atoms. The van der Waals surface area contributed by atoms with Crippen molar-refractivity contribution in [3.63, 3.8) is 0 Å². The van der Waals surface area contributed by atoms with Gasteiger partial charge >= 0.3 is 0 Å². The monoisotopic (exact) mass is 262 g/mol. The Labute approximate surface area is 109 Å². The molecule has 0 saturated heterocycles. The third kappa shape index (κ3) is 2.21. The summed E-state index contributed by atoms with van der Waals surface area (Å²) in [5, 5.41) is 7.94. The van der Waals surface area contributed by atoms with Gasteiger partial charge in [-0.05, 0) is 19.1 Å². The average molecular weight is 262 g/mol. The minimum atomic E-state index is 0.195. The van der Waals surface area contributed by atoms with Gasteiger partial charge in [0.2, 0.25) is 0 Å². The molecule has 0 radical (unpaired) electrons. The molecule has 18 heavy (non-hydrogen) atoms. The second kappa shape index (κ2) is 4.62. The molecule has 6 heteroatoms. The Hall–Kier alpha value is -1.53. The van der Waals surface area contributed by atoms with Gasteiger partial charge in [0.25, 0.3) is 0 Å². The second-order valence-electron chi connectivity index (χ2n) is 4.48. The summed E-state index contributed by atoms with van der Waals surface area (Å²) in [5.74, 6) is 1.14. The highest BCUT2D eigenvalue weighted by atomic mass is 32.1. The molecule has 2 aromatic rings. The van der Waals surface area contributed by atoms with Crippen LogP contribution in [0.1, 0.15) is 20.4 Å². The lowest BCUT2D eigenvalue weighted by Gasteiger charge is -2.25. The largest absolute Gasteiger partial charge is 0.315 e. The van der Waals surface area contributed by atoms with Gasteiger partial charge in [0, 0.05) is 18.0 Å². The number of nitrogens with zero attached hydrogens (tertiary/aromatic N) is 4. The molecule has 5 nitrogen and oxygen atoms in total. The number of hydrogen-bond donors (Lipinski definition) is 0. The molecule has 0 N–H and O–H groups in total. The summed E-state index contributed by atoms with van der Waals surface area (Å²) in [6.07, 6.45) is 1.75. The number of aromatic nitrogens is 3. The lowest BCUT2D eigenvalue weighted by molar-refractivity contribution is 0.0912. The van der Waals surface area contributed by atoms with E-state index in [0.29, 0.717) is 13.1 Å². The predicted molar refractivity (Wildman–Crippen MR) is 68.7 cm³/mol. The van der Waals surface area contributed by atoms with Crippen LogP contribution in [-0.4, -0.2) is 38.5 Å². The maximum atomic E-state index is 12.1. The quantitative estimate of drug-likeness (QED) is 0.783. The van der Waals surface area contributed by atoms with E-state index in [-0.39, 0.29) is 5.78 Å². The molecule has 0 spiro atoms. The Morgan fingerprint density at radius 1 is 1.44 bits per heavy atom. The molecule has 1 aliphatic rings. The van der Waals surface area contributed by atoms with E-state index in [2.05, 4.69) is 15.1 Å². The van der Waals surface area contributed by atoms with Crippen LogP contribution >= 0.6 is 11.3 Å². The van der Waals surface area contributed by atoms with Gasteiger partial charge in [0.05, 0.1) is 18.0 Å². The molecule has 3 rings (SSSR count). The highest BCUT2D eigenvalue weighted by Gasteiger charge is 2.20. The Morgan fingerprint density at radius 3 is 3.11 bits per heavy atom. The topological polar surface area (TPSA) is 51.0 Å². The summed E-state index contributed by atoms with van der Waals surface area (Å²) < 4.78 is 2.04. The van der Waals surface area contributed by atoms with Crippen LogP contribution in [0.4, 0.5) is 0 Å². The van der Waals surface area contributed by atoms with E-state index in [1.807, 2.05) is 23.6 Å². The fourth-order valence-electron chi connectivity index (χ4n) is 2.12. The number of carbonyl (C=O) groups is 1. The number of carbonyl (C=O) groups excluding carboxylic acids is 1. The summed E-state index contributed by atoms with van der Waals surface area (Å²) in [7, 11) is 0. The third-order valence-electron chi connectivity index (χ3n) is 3.10. The molecule has 0 saturated carbocycles. The number of rotatable bonds is 3. The van der Waals surface area contributed by atoms with Gasteiger partial charge < -0.3 is 4.57 Å². The summed E-state index contributed by atoms with van der Waals surface area (Å²) >= 11 is 1.56. The fraction of sp³-hybridized carbons (Fsp3) is 0.417. The maximum Gasteiger partial charge on any atom is 0.186 e. The Kier molecular flexibility index (Phi) is 2.97. The number of fused-ring (bicyclic) bond motifs is 1. The van der Waals surface area contributed by atoms with Crippen molar-refractivity contribution in [3.05, 3.63) is 34.0 Å². The minimum absolute atomic E-state index is 0.195. The highest BCUT2D eigenvalue weighted by molar-refractivity contribution is 7.14. The van der Waals surface area contributed by atoms with Crippen molar-refractivity contribution in [1.82, 2.24) is 19.7 Å². The van der Waals surface area contributed by atoms with E-state index < -0.39 is 0 Å². The standard InChI is InChI=1S/C12H14N4OS/c1-9-2-3-11(18-9)10(17)6-15-4-5-16-8-13-14-12(16)7-15/h2-3,8H,4-7H2,1H3. The van der Waals surface area contributed by atoms with Gasteiger partial charge in [0.1, 0.15) is 12.2 Å². The summed E-state index contributed by atoms with van der Waals surface area (Å²) in [4.78, 5) is 16.3. The van der Waals surface area contributed by atoms with Crippen molar-refractivity contribution >= 4 is 17.1 Å². The number of aryl methyl sites for hydroxylation is 1. The zero-order valence-corrected chi connectivity index (χ0v) is 11.0. The molecular formula is C12H14N4OS. The van der Waals surface area contributed by atoms with Crippen LogP contribution in [0, 0.1) is 6.92 Å². The molecule has 0 atom stereocenters. The van der Waals surface area contributed by atoms with E-state index in [9.17, 15) is 4.79 Å². The van der Waals surface area contributed by atoms with Crippen LogP contribution in [0.2, 0.25) is 0 Å². The summed E-state index contributed by atoms with van der Waals surface area (Å²) in [6, 6.07) is 3.90. The van der Waals surface area contributed by atoms with E-state index in [1.54, 1.807) is 17.7 Å². The van der Waals surface area contributed by atoms with Gasteiger partial charge in [-0.1, -0.05) is 0 Å². The first-order valence-corrected chi connectivity index (χ1v) is 6.73. The normalized spacial score (nSPS) is 15.6. The van der Waals surface area contributed by atoms with Gasteiger partial charge in [-0.3, -0.25) is 9.69 Å².